The van der Waals surface area contributed by atoms with Crippen molar-refractivity contribution < 1.29 is 55.2 Å². The van der Waals surface area contributed by atoms with Crippen molar-refractivity contribution in [1.29, 1.82) is 0 Å². The van der Waals surface area contributed by atoms with E-state index in [9.17, 15) is 26.4 Å². The van der Waals surface area contributed by atoms with Crippen LogP contribution < -0.4 is 28.0 Å². The lowest BCUT2D eigenvalue weighted by Crippen LogP contribution is -2.27. The van der Waals surface area contributed by atoms with Crippen LogP contribution in [0.15, 0.2) is 119 Å². The summed E-state index contributed by atoms with van der Waals surface area (Å²) in [7, 11) is -2.42. The summed E-state index contributed by atoms with van der Waals surface area (Å²) in [6, 6.07) is 29.9. The number of carbonyl (C=O) groups excluding carboxylic acids is 1. The van der Waals surface area contributed by atoms with E-state index in [0.717, 1.165) is 37.9 Å². The number of anilines is 2. The van der Waals surface area contributed by atoms with Crippen molar-refractivity contribution in [2.24, 2.45) is 0 Å². The molecule has 0 aliphatic heterocycles. The zero-order valence-electron chi connectivity index (χ0n) is 40.3. The first kappa shape index (κ1) is 52.4. The number of nitrogens with zero attached hydrogens (tertiary/aromatic N) is 1. The molecule has 2 aromatic heterocycles. The Balaban J connectivity index is 0.000000211. The highest BCUT2D eigenvalue weighted by atomic mass is 35.5. The topological polar surface area (TPSA) is 216 Å². The van der Waals surface area contributed by atoms with E-state index in [2.05, 4.69) is 14.7 Å². The van der Waals surface area contributed by atoms with Crippen LogP contribution in [0.3, 0.4) is 0 Å². The summed E-state index contributed by atoms with van der Waals surface area (Å²) in [4.78, 5) is 29.1. The zero-order valence-corrected chi connectivity index (χ0v) is 43.4. The minimum atomic E-state index is -4.06. The van der Waals surface area contributed by atoms with Gasteiger partial charge in [0, 0.05) is 40.2 Å². The van der Waals surface area contributed by atoms with Gasteiger partial charge in [-0.15, -0.1) is 0 Å². The maximum absolute atomic E-state index is 13.7. The molecule has 0 saturated heterocycles. The number of hydrogen-bond donors (Lipinski definition) is 4. The molecule has 0 spiro atoms. The largest absolute Gasteiger partial charge is 0.493 e. The van der Waals surface area contributed by atoms with E-state index in [4.69, 9.17) is 52.0 Å². The van der Waals surface area contributed by atoms with Gasteiger partial charge in [-0.25, -0.2) is 16.8 Å². The van der Waals surface area contributed by atoms with E-state index in [1.54, 1.807) is 84.9 Å². The van der Waals surface area contributed by atoms with E-state index in [1.165, 1.54) is 40.5 Å². The molecule has 0 saturated carbocycles. The van der Waals surface area contributed by atoms with Crippen molar-refractivity contribution in [3.8, 4) is 34.5 Å². The summed E-state index contributed by atoms with van der Waals surface area (Å²) in [6.07, 6.45) is -0.0984. The number of methoxy groups -OCH3 is 3. The van der Waals surface area contributed by atoms with Crippen LogP contribution >= 0.6 is 23.2 Å². The van der Waals surface area contributed by atoms with Crippen molar-refractivity contribution in [3.63, 3.8) is 0 Å². The highest BCUT2D eigenvalue weighted by molar-refractivity contribution is 7.93. The molecule has 0 unspecified atom stereocenters. The van der Waals surface area contributed by atoms with E-state index >= 15 is 0 Å². The standard InChI is InChI=1S/2C26H25ClN2O6S/c1-15-5-10-24(19(27)11-15)36(31,32)29-26-18-12-16(2)28-20(18)7-9-22(26)35-21-8-6-17(13-23(21)33-3)14-25(30)34-4;1-15-5-10-24(19(27)11-15)36(32,33)29(3)26-18-12-16(2)28-20(18)7-9-22(26)35-21-8-6-17(14-25(30)31)13-23(21)34-4/h5-13,28-29H,14H2,1-4H3;5-13,28H,14H2,1-4H3,(H,30,31). The molecule has 0 bridgehead atoms. The number of benzene rings is 6. The number of carboxylic acids is 1. The summed E-state index contributed by atoms with van der Waals surface area (Å²) in [5.41, 5.74) is 6.61. The third-order valence-corrected chi connectivity index (χ3v) is 15.3. The van der Waals surface area contributed by atoms with Gasteiger partial charge in [0.25, 0.3) is 20.0 Å². The number of hydrogen-bond acceptors (Lipinski definition) is 11. The summed E-state index contributed by atoms with van der Waals surface area (Å²) in [6.45, 7) is 7.41. The average Bonchev–Trinajstić information content (AvgIpc) is 3.90. The number of H-pyrrole nitrogens is 2. The number of halogens is 2. The number of aliphatic carboxylic acids is 1. The Hall–Kier alpha value is -7.38. The summed E-state index contributed by atoms with van der Waals surface area (Å²) in [5.74, 6) is 0.500. The Morgan fingerprint density at radius 2 is 1.08 bits per heavy atom. The molecule has 72 heavy (non-hydrogen) atoms. The molecule has 0 aliphatic rings. The van der Waals surface area contributed by atoms with Crippen LogP contribution in [0.2, 0.25) is 10.0 Å². The highest BCUT2D eigenvalue weighted by Gasteiger charge is 2.29. The molecule has 2 heterocycles. The Morgan fingerprint density at radius 1 is 0.597 bits per heavy atom. The van der Waals surface area contributed by atoms with Crippen molar-refractivity contribution in [3.05, 3.63) is 153 Å². The number of aromatic amines is 2. The Labute approximate surface area is 426 Å². The van der Waals surface area contributed by atoms with Gasteiger partial charge < -0.3 is 38.8 Å². The molecule has 0 radical (unpaired) electrons. The predicted octanol–water partition coefficient (Wildman–Crippen LogP) is 11.4. The summed E-state index contributed by atoms with van der Waals surface area (Å²) < 4.78 is 85.8. The van der Waals surface area contributed by atoms with Gasteiger partial charge in [0.15, 0.2) is 34.5 Å². The molecule has 0 amide bonds. The number of rotatable bonds is 16. The lowest BCUT2D eigenvalue weighted by atomic mass is 10.1. The number of aryl methyl sites for hydroxylation is 4. The zero-order chi connectivity index (χ0) is 52.2. The first-order valence-electron chi connectivity index (χ1n) is 21.9. The second-order valence-corrected chi connectivity index (χ2v) is 21.0. The number of carbonyl (C=O) groups is 2. The van der Waals surface area contributed by atoms with Gasteiger partial charge in [-0.2, -0.15) is 0 Å². The molecule has 0 atom stereocenters. The quantitative estimate of drug-likeness (QED) is 0.0665. The number of aromatic nitrogens is 2. The number of esters is 1. The van der Waals surface area contributed by atoms with E-state index in [1.807, 2.05) is 39.8 Å². The molecular weight excluding hydrogens is 1010 g/mol. The van der Waals surface area contributed by atoms with Gasteiger partial charge in [0.1, 0.15) is 21.2 Å². The highest BCUT2D eigenvalue weighted by Crippen LogP contribution is 2.45. The lowest BCUT2D eigenvalue weighted by molar-refractivity contribution is -0.140. The smallest absolute Gasteiger partial charge is 0.309 e. The van der Waals surface area contributed by atoms with Gasteiger partial charge in [-0.3, -0.25) is 18.6 Å². The van der Waals surface area contributed by atoms with Gasteiger partial charge in [0.2, 0.25) is 0 Å². The molecule has 20 heteroatoms. The SMILES string of the molecule is COC(=O)Cc1ccc(Oc2ccc3[nH]c(C)cc3c2NS(=O)(=O)c2ccc(C)cc2Cl)c(OC)c1.COc1cc(CC(=O)O)ccc1Oc1ccc2[nH]c(C)cc2c1N(C)S(=O)(=O)c1ccc(C)cc1Cl. The summed E-state index contributed by atoms with van der Waals surface area (Å²) >= 11 is 12.6. The normalized spacial score (nSPS) is 11.4. The third-order valence-electron chi connectivity index (χ3n) is 11.3. The van der Waals surface area contributed by atoms with Crippen LogP contribution in [0.1, 0.15) is 33.6 Å². The second-order valence-electron chi connectivity index (χ2n) is 16.6. The van der Waals surface area contributed by atoms with Crippen molar-refractivity contribution in [2.45, 2.75) is 50.3 Å². The number of fused-ring (bicyclic) bond motifs is 2. The third kappa shape index (κ3) is 11.5. The minimum Gasteiger partial charge on any atom is -0.493 e. The molecule has 0 aliphatic carbocycles. The molecule has 0 fully saturated rings. The number of ether oxygens (including phenoxy) is 5. The van der Waals surface area contributed by atoms with E-state index in [-0.39, 0.29) is 55.8 Å². The molecule has 8 rings (SSSR count). The number of carboxylic acid groups (broad SMARTS) is 1. The van der Waals surface area contributed by atoms with Gasteiger partial charge in [0.05, 0.1) is 44.2 Å². The van der Waals surface area contributed by atoms with Crippen LogP contribution in [0.5, 0.6) is 34.5 Å². The predicted molar refractivity (Wildman–Crippen MR) is 278 cm³/mol. The maximum atomic E-state index is 13.7. The fourth-order valence-corrected chi connectivity index (χ4v) is 11.3. The lowest BCUT2D eigenvalue weighted by Gasteiger charge is -2.24. The van der Waals surface area contributed by atoms with E-state index < -0.39 is 26.0 Å². The fraction of sp³-hybridized carbons (Fsp3) is 0.192. The number of sulfonamides is 2. The Kier molecular flexibility index (Phi) is 15.7. The van der Waals surface area contributed by atoms with Crippen molar-refractivity contribution >= 4 is 88.4 Å². The first-order chi connectivity index (χ1) is 34.1. The van der Waals surface area contributed by atoms with E-state index in [0.29, 0.717) is 50.6 Å². The van der Waals surface area contributed by atoms with Crippen molar-refractivity contribution in [1.82, 2.24) is 9.97 Å². The Morgan fingerprint density at radius 3 is 1.61 bits per heavy atom. The van der Waals surface area contributed by atoms with Crippen LogP contribution in [-0.2, 0) is 47.2 Å². The van der Waals surface area contributed by atoms with Gasteiger partial charge >= 0.3 is 11.9 Å². The minimum absolute atomic E-state index is 0.0249. The average molecular weight is 1060 g/mol. The van der Waals surface area contributed by atoms with Crippen LogP contribution in [-0.4, -0.2) is 72.2 Å². The molecule has 8 aromatic rings. The van der Waals surface area contributed by atoms with Crippen molar-refractivity contribution in [2.75, 3.05) is 37.4 Å². The van der Waals surface area contributed by atoms with Crippen LogP contribution in [0, 0.1) is 27.7 Å². The number of nitrogens with one attached hydrogen (secondary N) is 3. The monoisotopic (exact) mass is 1060 g/mol. The van der Waals surface area contributed by atoms with Gasteiger partial charge in [-0.05, 0) is 135 Å². The van der Waals surface area contributed by atoms with Crippen LogP contribution in [0.4, 0.5) is 11.4 Å². The summed E-state index contributed by atoms with van der Waals surface area (Å²) in [5, 5.41) is 10.6. The van der Waals surface area contributed by atoms with Gasteiger partial charge in [-0.1, -0.05) is 47.5 Å². The van der Waals surface area contributed by atoms with Crippen LogP contribution in [0.25, 0.3) is 21.8 Å². The molecule has 376 valence electrons. The maximum Gasteiger partial charge on any atom is 0.309 e. The Bertz CT molecular complexity index is 3610. The molecule has 16 nitrogen and oxygen atoms in total. The fourth-order valence-electron chi connectivity index (χ4n) is 7.79. The molecule has 6 aromatic carbocycles. The second kappa shape index (κ2) is 21.5. The molecular formula is C52H50Cl2N4O12S2. The first-order valence-corrected chi connectivity index (χ1v) is 25.6. The molecule has 4 N–H and O–H groups in total.